The fourth-order valence-corrected chi connectivity index (χ4v) is 1.92. The van der Waals surface area contributed by atoms with Crippen molar-refractivity contribution in [2.75, 3.05) is 20.3 Å². The minimum atomic E-state index is 0.173. The quantitative estimate of drug-likeness (QED) is 0.819. The molecule has 0 heterocycles. The van der Waals surface area contributed by atoms with Crippen LogP contribution in [0, 0.1) is 0 Å². The first-order valence-corrected chi connectivity index (χ1v) is 6.23. The number of ether oxygens (including phenoxy) is 1. The van der Waals surface area contributed by atoms with Gasteiger partial charge in [-0.2, -0.15) is 0 Å². The Morgan fingerprint density at radius 1 is 1.17 bits per heavy atom. The summed E-state index contributed by atoms with van der Waals surface area (Å²) in [6, 6.07) is 14.5. The highest BCUT2D eigenvalue weighted by atomic mass is 16.5. The van der Waals surface area contributed by atoms with Gasteiger partial charge >= 0.3 is 0 Å². The van der Waals surface area contributed by atoms with Gasteiger partial charge in [-0.3, -0.25) is 0 Å². The third-order valence-corrected chi connectivity index (χ3v) is 3.06. The van der Waals surface area contributed by atoms with Crippen LogP contribution in [0.15, 0.2) is 42.5 Å². The SMILES string of the molecule is CNC(CCO)COc1ccc2ccccc2c1. The van der Waals surface area contributed by atoms with Gasteiger partial charge in [-0.1, -0.05) is 30.3 Å². The number of fused-ring (bicyclic) bond motifs is 1. The smallest absolute Gasteiger partial charge is 0.120 e. The highest BCUT2D eigenvalue weighted by Crippen LogP contribution is 2.20. The molecule has 0 aliphatic carbocycles. The van der Waals surface area contributed by atoms with E-state index in [0.717, 1.165) is 5.75 Å². The van der Waals surface area contributed by atoms with Gasteiger partial charge in [0.2, 0.25) is 0 Å². The molecule has 2 rings (SSSR count). The molecule has 0 saturated heterocycles. The first kappa shape index (κ1) is 12.9. The zero-order valence-corrected chi connectivity index (χ0v) is 10.6. The lowest BCUT2D eigenvalue weighted by molar-refractivity contribution is 0.219. The molecule has 2 aromatic rings. The summed E-state index contributed by atoms with van der Waals surface area (Å²) in [6.07, 6.45) is 0.698. The predicted molar refractivity (Wildman–Crippen MR) is 74.0 cm³/mol. The van der Waals surface area contributed by atoms with Gasteiger partial charge in [-0.05, 0) is 36.4 Å². The summed E-state index contributed by atoms with van der Waals surface area (Å²) in [5.74, 6) is 0.867. The van der Waals surface area contributed by atoms with Crippen molar-refractivity contribution in [2.24, 2.45) is 0 Å². The van der Waals surface area contributed by atoms with Crippen molar-refractivity contribution in [3.63, 3.8) is 0 Å². The minimum absolute atomic E-state index is 0.173. The molecule has 96 valence electrons. The van der Waals surface area contributed by atoms with Crippen molar-refractivity contribution in [3.8, 4) is 5.75 Å². The van der Waals surface area contributed by atoms with Crippen LogP contribution in [0.2, 0.25) is 0 Å². The van der Waals surface area contributed by atoms with Gasteiger partial charge in [-0.25, -0.2) is 0 Å². The van der Waals surface area contributed by atoms with E-state index in [1.165, 1.54) is 10.8 Å². The number of benzene rings is 2. The van der Waals surface area contributed by atoms with Gasteiger partial charge in [0.1, 0.15) is 12.4 Å². The predicted octanol–water partition coefficient (Wildman–Crippen LogP) is 2.19. The van der Waals surface area contributed by atoms with Crippen molar-refractivity contribution in [1.82, 2.24) is 5.32 Å². The number of hydrogen-bond donors (Lipinski definition) is 2. The van der Waals surface area contributed by atoms with E-state index in [1.54, 1.807) is 0 Å². The summed E-state index contributed by atoms with van der Waals surface area (Å²) in [4.78, 5) is 0. The molecule has 3 heteroatoms. The summed E-state index contributed by atoms with van der Waals surface area (Å²) in [6.45, 7) is 0.738. The van der Waals surface area contributed by atoms with E-state index in [1.807, 2.05) is 31.3 Å². The van der Waals surface area contributed by atoms with E-state index >= 15 is 0 Å². The first-order chi connectivity index (χ1) is 8.83. The second kappa shape index (κ2) is 6.38. The van der Waals surface area contributed by atoms with Crippen molar-refractivity contribution < 1.29 is 9.84 Å². The van der Waals surface area contributed by atoms with Gasteiger partial charge in [-0.15, -0.1) is 0 Å². The maximum atomic E-state index is 8.91. The lowest BCUT2D eigenvalue weighted by Gasteiger charge is -2.16. The fourth-order valence-electron chi connectivity index (χ4n) is 1.92. The monoisotopic (exact) mass is 245 g/mol. The van der Waals surface area contributed by atoms with Gasteiger partial charge in [0.25, 0.3) is 0 Å². The maximum Gasteiger partial charge on any atom is 0.120 e. The highest BCUT2D eigenvalue weighted by molar-refractivity contribution is 5.83. The van der Waals surface area contributed by atoms with Gasteiger partial charge in [0, 0.05) is 12.6 Å². The minimum Gasteiger partial charge on any atom is -0.492 e. The van der Waals surface area contributed by atoms with Crippen LogP contribution in [0.25, 0.3) is 10.8 Å². The normalized spacial score (nSPS) is 12.6. The van der Waals surface area contributed by atoms with E-state index in [-0.39, 0.29) is 12.6 Å². The van der Waals surface area contributed by atoms with E-state index < -0.39 is 0 Å². The van der Waals surface area contributed by atoms with Crippen LogP contribution in [-0.2, 0) is 0 Å². The Balaban J connectivity index is 2.03. The van der Waals surface area contributed by atoms with E-state index in [4.69, 9.17) is 9.84 Å². The average Bonchev–Trinajstić information content (AvgIpc) is 2.43. The number of nitrogens with one attached hydrogen (secondary N) is 1. The second-order valence-corrected chi connectivity index (χ2v) is 4.32. The molecule has 0 fully saturated rings. The topological polar surface area (TPSA) is 41.5 Å². The Labute approximate surface area is 107 Å². The second-order valence-electron chi connectivity index (χ2n) is 4.32. The Morgan fingerprint density at radius 2 is 1.94 bits per heavy atom. The molecular formula is C15H19NO2. The van der Waals surface area contributed by atoms with Crippen molar-refractivity contribution in [3.05, 3.63) is 42.5 Å². The molecule has 0 aliphatic heterocycles. The van der Waals surface area contributed by atoms with E-state index in [9.17, 15) is 0 Å². The summed E-state index contributed by atoms with van der Waals surface area (Å²) in [5.41, 5.74) is 0. The Hall–Kier alpha value is -1.58. The Morgan fingerprint density at radius 3 is 2.67 bits per heavy atom. The molecule has 2 N–H and O–H groups in total. The zero-order chi connectivity index (χ0) is 12.8. The van der Waals surface area contributed by atoms with Crippen LogP contribution in [0.5, 0.6) is 5.75 Å². The molecule has 0 bridgehead atoms. The van der Waals surface area contributed by atoms with Crippen LogP contribution in [0.3, 0.4) is 0 Å². The molecule has 0 aliphatic rings. The zero-order valence-electron chi connectivity index (χ0n) is 10.6. The molecule has 0 radical (unpaired) electrons. The van der Waals surface area contributed by atoms with Crippen molar-refractivity contribution >= 4 is 10.8 Å². The average molecular weight is 245 g/mol. The molecular weight excluding hydrogens is 226 g/mol. The highest BCUT2D eigenvalue weighted by Gasteiger charge is 2.06. The third kappa shape index (κ3) is 3.22. The summed E-state index contributed by atoms with van der Waals surface area (Å²) in [7, 11) is 1.88. The molecule has 1 atom stereocenters. The molecule has 0 spiro atoms. The number of hydrogen-bond acceptors (Lipinski definition) is 3. The Bertz CT molecular complexity index is 499. The first-order valence-electron chi connectivity index (χ1n) is 6.23. The lowest BCUT2D eigenvalue weighted by atomic mass is 10.1. The van der Waals surface area contributed by atoms with E-state index in [2.05, 4.69) is 23.5 Å². The number of likely N-dealkylation sites (N-methyl/N-ethyl adjacent to an activating group) is 1. The summed E-state index contributed by atoms with van der Waals surface area (Å²) in [5, 5.41) is 14.4. The summed E-state index contributed by atoms with van der Waals surface area (Å²) >= 11 is 0. The molecule has 3 nitrogen and oxygen atoms in total. The molecule has 1 unspecified atom stereocenters. The summed E-state index contributed by atoms with van der Waals surface area (Å²) < 4.78 is 5.75. The maximum absolute atomic E-state index is 8.91. The number of aliphatic hydroxyl groups is 1. The van der Waals surface area contributed by atoms with Crippen LogP contribution >= 0.6 is 0 Å². The molecule has 0 amide bonds. The number of rotatable bonds is 6. The van der Waals surface area contributed by atoms with Crippen LogP contribution in [0.4, 0.5) is 0 Å². The van der Waals surface area contributed by atoms with Gasteiger partial charge < -0.3 is 15.2 Å². The van der Waals surface area contributed by atoms with Crippen molar-refractivity contribution in [2.45, 2.75) is 12.5 Å². The standard InChI is InChI=1S/C15H19NO2/c1-16-14(8-9-17)11-18-15-7-6-12-4-2-3-5-13(12)10-15/h2-7,10,14,16-17H,8-9,11H2,1H3. The third-order valence-electron chi connectivity index (χ3n) is 3.06. The van der Waals surface area contributed by atoms with Crippen molar-refractivity contribution in [1.29, 1.82) is 0 Å². The number of aliphatic hydroxyl groups excluding tert-OH is 1. The van der Waals surface area contributed by atoms with Crippen LogP contribution in [0.1, 0.15) is 6.42 Å². The molecule has 2 aromatic carbocycles. The molecule has 18 heavy (non-hydrogen) atoms. The molecule has 0 saturated carbocycles. The van der Waals surface area contributed by atoms with Crippen LogP contribution < -0.4 is 10.1 Å². The molecule has 0 aromatic heterocycles. The van der Waals surface area contributed by atoms with Gasteiger partial charge in [0.05, 0.1) is 0 Å². The lowest BCUT2D eigenvalue weighted by Crippen LogP contribution is -2.32. The van der Waals surface area contributed by atoms with Gasteiger partial charge in [0.15, 0.2) is 0 Å². The Kier molecular flexibility index (Phi) is 4.56. The largest absolute Gasteiger partial charge is 0.492 e. The van der Waals surface area contributed by atoms with Crippen LogP contribution in [-0.4, -0.2) is 31.4 Å². The van der Waals surface area contributed by atoms with E-state index in [0.29, 0.717) is 13.0 Å². The fraction of sp³-hybridized carbons (Fsp3) is 0.333.